The van der Waals surface area contributed by atoms with Gasteiger partial charge in [0.1, 0.15) is 5.69 Å². The lowest BCUT2D eigenvalue weighted by Crippen LogP contribution is -2.49. The van der Waals surface area contributed by atoms with Crippen LogP contribution in [0.2, 0.25) is 0 Å². The Morgan fingerprint density at radius 1 is 0.963 bits per heavy atom. The van der Waals surface area contributed by atoms with Crippen molar-refractivity contribution in [1.29, 1.82) is 0 Å². The number of rotatable bonds is 4. The van der Waals surface area contributed by atoms with Gasteiger partial charge in [0.15, 0.2) is 5.82 Å². The molecule has 140 valence electrons. The molecule has 8 heteroatoms. The number of piperazine rings is 1. The van der Waals surface area contributed by atoms with E-state index in [0.717, 1.165) is 22.0 Å². The first-order valence-corrected chi connectivity index (χ1v) is 11.1. The van der Waals surface area contributed by atoms with Crippen LogP contribution in [0.5, 0.6) is 0 Å². The zero-order valence-electron chi connectivity index (χ0n) is 14.9. The predicted octanol–water partition coefficient (Wildman–Crippen LogP) is 3.02. The molecule has 27 heavy (non-hydrogen) atoms. The Morgan fingerprint density at radius 2 is 1.78 bits per heavy atom. The highest BCUT2D eigenvalue weighted by Crippen LogP contribution is 2.24. The van der Waals surface area contributed by atoms with E-state index in [1.165, 1.54) is 0 Å². The van der Waals surface area contributed by atoms with Crippen LogP contribution in [-0.2, 0) is 10.0 Å². The van der Waals surface area contributed by atoms with Gasteiger partial charge in [-0.2, -0.15) is 4.31 Å². The van der Waals surface area contributed by atoms with Crippen LogP contribution in [-0.4, -0.2) is 49.1 Å². The zero-order chi connectivity index (χ0) is 18.9. The lowest BCUT2D eigenvalue weighted by Gasteiger charge is -2.34. The summed E-state index contributed by atoms with van der Waals surface area (Å²) in [5, 5.41) is 10.7. The highest BCUT2D eigenvalue weighted by atomic mass is 32.2. The third-order valence-electron chi connectivity index (χ3n) is 4.61. The van der Waals surface area contributed by atoms with Gasteiger partial charge in [-0.15, -0.1) is 21.5 Å². The van der Waals surface area contributed by atoms with E-state index in [1.807, 2.05) is 42.6 Å². The molecular weight excluding hydrogens is 380 g/mol. The van der Waals surface area contributed by atoms with E-state index in [9.17, 15) is 8.42 Å². The highest BCUT2D eigenvalue weighted by molar-refractivity contribution is 7.89. The Morgan fingerprint density at radius 3 is 2.41 bits per heavy atom. The van der Waals surface area contributed by atoms with Crippen molar-refractivity contribution in [3.63, 3.8) is 0 Å². The second-order valence-electron chi connectivity index (χ2n) is 6.46. The molecule has 2 aromatic heterocycles. The molecule has 0 N–H and O–H groups in total. The number of aromatic nitrogens is 2. The molecule has 1 aliphatic heterocycles. The Hall–Kier alpha value is -2.29. The summed E-state index contributed by atoms with van der Waals surface area (Å²) in [6.45, 7) is 3.96. The molecule has 4 rings (SSSR count). The third kappa shape index (κ3) is 3.73. The van der Waals surface area contributed by atoms with Crippen LogP contribution in [0.25, 0.3) is 10.6 Å². The summed E-state index contributed by atoms with van der Waals surface area (Å²) >= 11 is 1.63. The maximum absolute atomic E-state index is 12.8. The molecule has 1 fully saturated rings. The Balaban J connectivity index is 1.44. The van der Waals surface area contributed by atoms with Crippen molar-refractivity contribution in [3.8, 4) is 10.6 Å². The standard InChI is InChI=1S/C19H20N4O2S2/c1-15-4-2-5-16(14-15)27(24,25)23-11-9-22(10-12-23)19-8-7-17(20-21-19)18-6-3-13-26-18/h2-8,13-14H,9-12H2,1H3. The molecule has 0 radical (unpaired) electrons. The van der Waals surface area contributed by atoms with Crippen molar-refractivity contribution in [2.45, 2.75) is 11.8 Å². The summed E-state index contributed by atoms with van der Waals surface area (Å²) in [4.78, 5) is 3.52. The number of benzene rings is 1. The van der Waals surface area contributed by atoms with Crippen molar-refractivity contribution in [3.05, 3.63) is 59.5 Å². The van der Waals surface area contributed by atoms with Crippen molar-refractivity contribution in [1.82, 2.24) is 14.5 Å². The number of thiophene rings is 1. The van der Waals surface area contributed by atoms with Gasteiger partial charge in [-0.25, -0.2) is 8.42 Å². The van der Waals surface area contributed by atoms with Gasteiger partial charge < -0.3 is 4.90 Å². The van der Waals surface area contributed by atoms with Gasteiger partial charge in [0.05, 0.1) is 9.77 Å². The largest absolute Gasteiger partial charge is 0.352 e. The predicted molar refractivity (Wildman–Crippen MR) is 107 cm³/mol. The molecule has 0 bridgehead atoms. The van der Waals surface area contributed by atoms with E-state index in [4.69, 9.17) is 0 Å². The molecule has 6 nitrogen and oxygen atoms in total. The van der Waals surface area contributed by atoms with Crippen LogP contribution in [0.15, 0.2) is 58.8 Å². The Kier molecular flexibility index (Phi) is 4.94. The summed E-state index contributed by atoms with van der Waals surface area (Å²) < 4.78 is 27.2. The van der Waals surface area contributed by atoms with Crippen LogP contribution in [0, 0.1) is 6.92 Å². The molecule has 1 aliphatic rings. The number of sulfonamides is 1. The van der Waals surface area contributed by atoms with Crippen LogP contribution in [0.4, 0.5) is 5.82 Å². The van der Waals surface area contributed by atoms with Gasteiger partial charge >= 0.3 is 0 Å². The van der Waals surface area contributed by atoms with E-state index in [2.05, 4.69) is 15.1 Å². The SMILES string of the molecule is Cc1cccc(S(=O)(=O)N2CCN(c3ccc(-c4cccs4)nn3)CC2)c1. The van der Waals surface area contributed by atoms with Crippen LogP contribution in [0.3, 0.4) is 0 Å². The van der Waals surface area contributed by atoms with E-state index >= 15 is 0 Å². The van der Waals surface area contributed by atoms with Gasteiger partial charge in [-0.05, 0) is 48.2 Å². The van der Waals surface area contributed by atoms with Crippen molar-refractivity contribution in [2.75, 3.05) is 31.1 Å². The molecule has 0 saturated carbocycles. The summed E-state index contributed by atoms with van der Waals surface area (Å²) in [6, 6.07) is 15.0. The lowest BCUT2D eigenvalue weighted by molar-refractivity contribution is 0.383. The van der Waals surface area contributed by atoms with Crippen molar-refractivity contribution < 1.29 is 8.42 Å². The average molecular weight is 401 g/mol. The first-order valence-electron chi connectivity index (χ1n) is 8.73. The van der Waals surface area contributed by atoms with Crippen LogP contribution < -0.4 is 4.90 Å². The van der Waals surface area contributed by atoms with Gasteiger partial charge in [-0.1, -0.05) is 18.2 Å². The van der Waals surface area contributed by atoms with Gasteiger partial charge in [0.2, 0.25) is 10.0 Å². The number of nitrogens with zero attached hydrogens (tertiary/aromatic N) is 4. The second-order valence-corrected chi connectivity index (χ2v) is 9.35. The van der Waals surface area contributed by atoms with E-state index in [1.54, 1.807) is 33.8 Å². The first-order chi connectivity index (χ1) is 13.0. The molecular formula is C19H20N4O2S2. The van der Waals surface area contributed by atoms with Crippen molar-refractivity contribution >= 4 is 27.2 Å². The monoisotopic (exact) mass is 400 g/mol. The molecule has 0 spiro atoms. The first kappa shape index (κ1) is 18.1. The molecule has 0 atom stereocenters. The maximum Gasteiger partial charge on any atom is 0.243 e. The summed E-state index contributed by atoms with van der Waals surface area (Å²) in [5.74, 6) is 0.780. The van der Waals surface area contributed by atoms with E-state index in [0.29, 0.717) is 31.1 Å². The number of hydrogen-bond acceptors (Lipinski definition) is 6. The molecule has 0 unspecified atom stereocenters. The number of hydrogen-bond donors (Lipinski definition) is 0. The quantitative estimate of drug-likeness (QED) is 0.673. The third-order valence-corrected chi connectivity index (χ3v) is 7.40. The fourth-order valence-electron chi connectivity index (χ4n) is 3.13. The Bertz CT molecular complexity index is 1010. The molecule has 3 heterocycles. The fourth-order valence-corrected chi connectivity index (χ4v) is 5.35. The fraction of sp³-hybridized carbons (Fsp3) is 0.263. The van der Waals surface area contributed by atoms with Crippen LogP contribution >= 0.6 is 11.3 Å². The zero-order valence-corrected chi connectivity index (χ0v) is 16.6. The average Bonchev–Trinajstić information content (AvgIpc) is 3.23. The summed E-state index contributed by atoms with van der Waals surface area (Å²) in [6.07, 6.45) is 0. The van der Waals surface area contributed by atoms with Gasteiger partial charge in [0, 0.05) is 26.2 Å². The molecule has 0 amide bonds. The van der Waals surface area contributed by atoms with Gasteiger partial charge in [0.25, 0.3) is 0 Å². The minimum atomic E-state index is -3.45. The molecule has 1 saturated heterocycles. The summed E-state index contributed by atoms with van der Waals surface area (Å²) in [7, 11) is -3.45. The highest BCUT2D eigenvalue weighted by Gasteiger charge is 2.29. The van der Waals surface area contributed by atoms with Crippen LogP contribution in [0.1, 0.15) is 5.56 Å². The smallest absolute Gasteiger partial charge is 0.243 e. The normalized spacial score (nSPS) is 15.8. The van der Waals surface area contributed by atoms with Gasteiger partial charge in [-0.3, -0.25) is 0 Å². The number of aryl methyl sites for hydroxylation is 1. The topological polar surface area (TPSA) is 66.4 Å². The minimum absolute atomic E-state index is 0.357. The van der Waals surface area contributed by atoms with E-state index in [-0.39, 0.29) is 0 Å². The molecule has 1 aromatic carbocycles. The summed E-state index contributed by atoms with van der Waals surface area (Å²) in [5.41, 5.74) is 1.80. The molecule has 0 aliphatic carbocycles. The second kappa shape index (κ2) is 7.38. The Labute approximate surface area is 163 Å². The minimum Gasteiger partial charge on any atom is -0.352 e. The maximum atomic E-state index is 12.8. The van der Waals surface area contributed by atoms with E-state index < -0.39 is 10.0 Å². The molecule has 3 aromatic rings. The van der Waals surface area contributed by atoms with Crippen molar-refractivity contribution in [2.24, 2.45) is 0 Å². The number of anilines is 1. The lowest BCUT2D eigenvalue weighted by atomic mass is 10.2.